The molecule has 1 saturated carbocycles. The van der Waals surface area contributed by atoms with Gasteiger partial charge in [-0.05, 0) is 12.3 Å². The van der Waals surface area contributed by atoms with Crippen LogP contribution in [0.2, 0.25) is 0 Å². The van der Waals surface area contributed by atoms with Crippen molar-refractivity contribution >= 4 is 5.91 Å². The molecule has 15 heavy (non-hydrogen) atoms. The van der Waals surface area contributed by atoms with Crippen molar-refractivity contribution in [2.24, 2.45) is 11.7 Å². The Morgan fingerprint density at radius 1 is 1.27 bits per heavy atom. The zero-order valence-electron chi connectivity index (χ0n) is 11.0. The Bertz CT molecular complexity index is 108. The molecular weight excluding hydrogens is 190 g/mol. The second-order valence-electron chi connectivity index (χ2n) is 2.92. The molecule has 94 valence electrons. The van der Waals surface area contributed by atoms with E-state index in [9.17, 15) is 4.79 Å². The van der Waals surface area contributed by atoms with Crippen molar-refractivity contribution in [3.63, 3.8) is 0 Å². The fourth-order valence-corrected chi connectivity index (χ4v) is 0.964. The van der Waals surface area contributed by atoms with Crippen molar-refractivity contribution in [1.82, 2.24) is 0 Å². The van der Waals surface area contributed by atoms with Gasteiger partial charge in [-0.3, -0.25) is 4.79 Å². The summed E-state index contributed by atoms with van der Waals surface area (Å²) in [6, 6.07) is 0. The van der Waals surface area contributed by atoms with Gasteiger partial charge in [-0.25, -0.2) is 0 Å². The van der Waals surface area contributed by atoms with E-state index in [1.165, 1.54) is 26.2 Å². The molecule has 0 radical (unpaired) electrons. The highest BCUT2D eigenvalue weighted by Crippen LogP contribution is 2.28. The number of nitrogens with two attached hydrogens (primary N) is 1. The van der Waals surface area contributed by atoms with Gasteiger partial charge in [0.05, 0.1) is 0 Å². The molecule has 1 amide bonds. The summed E-state index contributed by atoms with van der Waals surface area (Å²) in [4.78, 5) is 9.22. The third kappa shape index (κ3) is 24.7. The molecule has 0 atom stereocenters. The number of carbonyl (C=O) groups is 1. The van der Waals surface area contributed by atoms with Crippen LogP contribution in [0.15, 0.2) is 0 Å². The highest BCUT2D eigenvalue weighted by atomic mass is 16.3. The predicted molar refractivity (Wildman–Crippen MR) is 66.6 cm³/mol. The molecule has 1 aliphatic carbocycles. The maximum Gasteiger partial charge on any atom is 0.214 e. The number of hydrogen-bond acceptors (Lipinski definition) is 2. The molecule has 0 aromatic carbocycles. The molecule has 1 rings (SSSR count). The molecule has 0 bridgehead atoms. The van der Waals surface area contributed by atoms with E-state index >= 15 is 0 Å². The standard InChI is InChI=1S/C6H12O.C2H5NO.2C2H6/c7-5-4-6-2-1-3-6;1-2(3)4;2*1-2/h6-7H,1-5H2;1H3,(H2,3,4);2*1-2H3. The molecule has 0 spiro atoms. The quantitative estimate of drug-likeness (QED) is 0.750. The number of rotatable bonds is 2. The summed E-state index contributed by atoms with van der Waals surface area (Å²) in [6.45, 7) is 9.70. The lowest BCUT2D eigenvalue weighted by atomic mass is 9.83. The van der Waals surface area contributed by atoms with Crippen LogP contribution < -0.4 is 5.73 Å². The van der Waals surface area contributed by atoms with Gasteiger partial charge < -0.3 is 10.8 Å². The fraction of sp³-hybridized carbons (Fsp3) is 0.917. The number of aliphatic hydroxyl groups excluding tert-OH is 1. The molecule has 0 aromatic heterocycles. The fourth-order valence-electron chi connectivity index (χ4n) is 0.964. The Kier molecular flexibility index (Phi) is 25.3. The lowest BCUT2D eigenvalue weighted by molar-refractivity contribution is -0.115. The molecule has 3 N–H and O–H groups in total. The Morgan fingerprint density at radius 2 is 1.60 bits per heavy atom. The third-order valence-corrected chi connectivity index (χ3v) is 1.76. The Balaban J connectivity index is -0.000000156. The van der Waals surface area contributed by atoms with E-state index < -0.39 is 0 Å². The van der Waals surface area contributed by atoms with Crippen LogP contribution >= 0.6 is 0 Å². The Hall–Kier alpha value is -0.570. The summed E-state index contributed by atoms with van der Waals surface area (Å²) in [5, 5.41) is 8.40. The van der Waals surface area contributed by atoms with Gasteiger partial charge in [-0.1, -0.05) is 47.0 Å². The maximum absolute atomic E-state index is 9.22. The van der Waals surface area contributed by atoms with Crippen molar-refractivity contribution < 1.29 is 9.90 Å². The lowest BCUT2D eigenvalue weighted by Crippen LogP contribution is -2.11. The average molecular weight is 219 g/mol. The van der Waals surface area contributed by atoms with Crippen molar-refractivity contribution in [2.45, 2.75) is 60.3 Å². The molecule has 0 aromatic rings. The first-order valence-corrected chi connectivity index (χ1v) is 6.03. The van der Waals surface area contributed by atoms with Gasteiger partial charge in [0.2, 0.25) is 5.91 Å². The highest BCUT2D eigenvalue weighted by Gasteiger charge is 2.15. The number of hydrogen-bond donors (Lipinski definition) is 2. The molecule has 0 heterocycles. The van der Waals surface area contributed by atoms with Gasteiger partial charge in [0.15, 0.2) is 0 Å². The number of amides is 1. The minimum Gasteiger partial charge on any atom is -0.396 e. The molecule has 3 nitrogen and oxygen atoms in total. The first-order chi connectivity index (χ1) is 7.16. The summed E-state index contributed by atoms with van der Waals surface area (Å²) in [6.07, 6.45) is 5.16. The van der Waals surface area contributed by atoms with Crippen molar-refractivity contribution in [2.75, 3.05) is 6.61 Å². The van der Waals surface area contributed by atoms with Crippen LogP contribution in [0, 0.1) is 5.92 Å². The minimum absolute atomic E-state index is 0.333. The van der Waals surface area contributed by atoms with E-state index in [2.05, 4.69) is 5.73 Å². The van der Waals surface area contributed by atoms with Gasteiger partial charge in [0, 0.05) is 13.5 Å². The van der Waals surface area contributed by atoms with Crippen LogP contribution in [0.3, 0.4) is 0 Å². The topological polar surface area (TPSA) is 63.3 Å². The van der Waals surface area contributed by atoms with Gasteiger partial charge in [-0.2, -0.15) is 0 Å². The van der Waals surface area contributed by atoms with E-state index in [1.807, 2.05) is 27.7 Å². The predicted octanol–water partition coefficient (Wildman–Crippen LogP) is 2.71. The van der Waals surface area contributed by atoms with Crippen molar-refractivity contribution in [1.29, 1.82) is 0 Å². The van der Waals surface area contributed by atoms with Crippen LogP contribution in [-0.4, -0.2) is 17.6 Å². The molecular formula is C12H29NO2. The summed E-state index contributed by atoms with van der Waals surface area (Å²) in [7, 11) is 0. The first-order valence-electron chi connectivity index (χ1n) is 6.03. The van der Waals surface area contributed by atoms with E-state index in [0.29, 0.717) is 6.61 Å². The summed E-state index contributed by atoms with van der Waals surface area (Å²) in [5.41, 5.74) is 4.47. The molecule has 0 unspecified atom stereocenters. The van der Waals surface area contributed by atoms with E-state index in [4.69, 9.17) is 5.11 Å². The van der Waals surface area contributed by atoms with Crippen LogP contribution in [-0.2, 0) is 4.79 Å². The number of aliphatic hydroxyl groups is 1. The van der Waals surface area contributed by atoms with Crippen LogP contribution in [0.4, 0.5) is 0 Å². The van der Waals surface area contributed by atoms with Gasteiger partial charge in [0.1, 0.15) is 0 Å². The molecule has 0 saturated heterocycles. The van der Waals surface area contributed by atoms with Crippen LogP contribution in [0.5, 0.6) is 0 Å². The monoisotopic (exact) mass is 219 g/mol. The SMILES string of the molecule is CC.CC.CC(N)=O.OCCC1CCC1. The van der Waals surface area contributed by atoms with E-state index in [0.717, 1.165) is 12.3 Å². The summed E-state index contributed by atoms with van der Waals surface area (Å²) >= 11 is 0. The van der Waals surface area contributed by atoms with Crippen LogP contribution in [0.25, 0.3) is 0 Å². The minimum atomic E-state index is -0.333. The Morgan fingerprint density at radius 3 is 1.67 bits per heavy atom. The lowest BCUT2D eigenvalue weighted by Gasteiger charge is -2.23. The van der Waals surface area contributed by atoms with E-state index in [-0.39, 0.29) is 5.91 Å². The zero-order valence-corrected chi connectivity index (χ0v) is 11.0. The second kappa shape index (κ2) is 19.1. The molecule has 0 aliphatic heterocycles. The largest absolute Gasteiger partial charge is 0.396 e. The normalized spacial score (nSPS) is 12.7. The average Bonchev–Trinajstić information content (AvgIpc) is 2.17. The number of carbonyl (C=O) groups excluding carboxylic acids is 1. The third-order valence-electron chi connectivity index (χ3n) is 1.76. The van der Waals surface area contributed by atoms with Crippen LogP contribution in [0.1, 0.15) is 60.3 Å². The first kappa shape index (κ1) is 19.9. The van der Waals surface area contributed by atoms with Crippen molar-refractivity contribution in [3.05, 3.63) is 0 Å². The zero-order chi connectivity index (χ0) is 12.7. The molecule has 1 fully saturated rings. The maximum atomic E-state index is 9.22. The van der Waals surface area contributed by atoms with Crippen molar-refractivity contribution in [3.8, 4) is 0 Å². The second-order valence-corrected chi connectivity index (χ2v) is 2.92. The smallest absolute Gasteiger partial charge is 0.214 e. The molecule has 1 aliphatic rings. The number of primary amides is 1. The van der Waals surface area contributed by atoms with Gasteiger partial charge in [0.25, 0.3) is 0 Å². The van der Waals surface area contributed by atoms with Gasteiger partial charge >= 0.3 is 0 Å². The highest BCUT2D eigenvalue weighted by molar-refractivity contribution is 5.70. The molecule has 3 heteroatoms. The summed E-state index contributed by atoms with van der Waals surface area (Å²) < 4.78 is 0. The Labute approximate surface area is 95.1 Å². The summed E-state index contributed by atoms with van der Waals surface area (Å²) in [5.74, 6) is 0.546. The van der Waals surface area contributed by atoms with Gasteiger partial charge in [-0.15, -0.1) is 0 Å². The van der Waals surface area contributed by atoms with E-state index in [1.54, 1.807) is 0 Å².